The number of ether oxygens (including phenoxy) is 1. The van der Waals surface area contributed by atoms with Crippen molar-refractivity contribution in [1.29, 1.82) is 0 Å². The van der Waals surface area contributed by atoms with Gasteiger partial charge in [0.1, 0.15) is 11.6 Å². The van der Waals surface area contributed by atoms with Crippen LogP contribution in [0.5, 0.6) is 0 Å². The van der Waals surface area contributed by atoms with Crippen LogP contribution >= 0.6 is 0 Å². The van der Waals surface area contributed by atoms with E-state index in [1.54, 1.807) is 52.0 Å². The molecule has 0 aliphatic rings. The zero-order chi connectivity index (χ0) is 18.6. The van der Waals surface area contributed by atoms with Crippen LogP contribution in [0.4, 0.5) is 4.79 Å². The third-order valence-electron chi connectivity index (χ3n) is 3.16. The molecule has 0 aliphatic carbocycles. The van der Waals surface area contributed by atoms with E-state index in [4.69, 9.17) is 9.26 Å². The van der Waals surface area contributed by atoms with E-state index in [-0.39, 0.29) is 6.42 Å². The number of alkyl carbamates (subject to hydrolysis) is 1. The Bertz CT molecular complexity index is 746. The first-order valence-electron chi connectivity index (χ1n) is 7.76. The number of carbonyl (C=O) groups excluding carboxylic acids is 1. The molecule has 1 amide bonds. The molecule has 1 atom stereocenters. The van der Waals surface area contributed by atoms with Crippen LogP contribution in [0.25, 0.3) is 11.5 Å². The smallest absolute Gasteiger partial charge is 0.408 e. The van der Waals surface area contributed by atoms with Gasteiger partial charge in [-0.25, -0.2) is 9.59 Å². The number of amides is 1. The molecule has 8 nitrogen and oxygen atoms in total. The molecule has 2 N–H and O–H groups in total. The normalized spacial score (nSPS) is 12.5. The van der Waals surface area contributed by atoms with Gasteiger partial charge in [0.05, 0.1) is 0 Å². The van der Waals surface area contributed by atoms with E-state index in [9.17, 15) is 14.7 Å². The van der Waals surface area contributed by atoms with Crippen molar-refractivity contribution in [2.24, 2.45) is 0 Å². The number of carboxylic acid groups (broad SMARTS) is 1. The van der Waals surface area contributed by atoms with Crippen LogP contribution < -0.4 is 5.32 Å². The summed E-state index contributed by atoms with van der Waals surface area (Å²) in [5.41, 5.74) is 0.775. The first kappa shape index (κ1) is 18.4. The Morgan fingerprint density at radius 2 is 1.92 bits per heavy atom. The number of hydrogen-bond acceptors (Lipinski definition) is 6. The van der Waals surface area contributed by atoms with E-state index in [0.29, 0.717) is 11.7 Å². The number of carbonyl (C=O) groups is 2. The lowest BCUT2D eigenvalue weighted by Crippen LogP contribution is -2.44. The number of rotatable bonds is 5. The molecular weight excluding hydrogens is 326 g/mol. The third kappa shape index (κ3) is 5.59. The summed E-state index contributed by atoms with van der Waals surface area (Å²) in [7, 11) is 0. The fourth-order valence-electron chi connectivity index (χ4n) is 2.08. The highest BCUT2D eigenvalue weighted by Gasteiger charge is 2.24. The van der Waals surface area contributed by atoms with E-state index in [2.05, 4.69) is 15.5 Å². The van der Waals surface area contributed by atoms with Crippen LogP contribution in [-0.2, 0) is 16.0 Å². The lowest BCUT2D eigenvalue weighted by molar-refractivity contribution is -0.139. The molecule has 0 unspecified atom stereocenters. The van der Waals surface area contributed by atoms with E-state index >= 15 is 0 Å². The summed E-state index contributed by atoms with van der Waals surface area (Å²) >= 11 is 0. The van der Waals surface area contributed by atoms with E-state index in [1.807, 2.05) is 0 Å². The van der Waals surface area contributed by atoms with Gasteiger partial charge in [0.2, 0.25) is 0 Å². The van der Waals surface area contributed by atoms with Gasteiger partial charge in [0.15, 0.2) is 5.82 Å². The summed E-state index contributed by atoms with van der Waals surface area (Å²) < 4.78 is 10.2. The quantitative estimate of drug-likeness (QED) is 0.854. The van der Waals surface area contributed by atoms with Crippen LogP contribution in [-0.4, -0.2) is 39.0 Å². The van der Waals surface area contributed by atoms with Crippen molar-refractivity contribution in [2.75, 3.05) is 0 Å². The van der Waals surface area contributed by atoms with Gasteiger partial charge in [-0.3, -0.25) is 0 Å². The molecule has 0 bridgehead atoms. The number of nitrogens with one attached hydrogen (secondary N) is 1. The Balaban J connectivity index is 2.04. The highest BCUT2D eigenvalue weighted by Crippen LogP contribution is 2.18. The van der Waals surface area contributed by atoms with Crippen LogP contribution in [0.2, 0.25) is 0 Å². The molecule has 0 saturated carbocycles. The van der Waals surface area contributed by atoms with Crippen molar-refractivity contribution in [3.05, 3.63) is 35.7 Å². The van der Waals surface area contributed by atoms with Crippen LogP contribution in [0.3, 0.4) is 0 Å². The topological polar surface area (TPSA) is 115 Å². The molecule has 2 rings (SSSR count). The second-order valence-corrected chi connectivity index (χ2v) is 6.58. The number of nitrogens with zero attached hydrogens (tertiary/aromatic N) is 2. The average molecular weight is 347 g/mol. The Morgan fingerprint density at radius 1 is 1.28 bits per heavy atom. The van der Waals surface area contributed by atoms with Crippen molar-refractivity contribution >= 4 is 12.1 Å². The van der Waals surface area contributed by atoms with Gasteiger partial charge in [-0.1, -0.05) is 17.3 Å². The van der Waals surface area contributed by atoms with E-state index in [0.717, 1.165) is 11.1 Å². The second kappa shape index (κ2) is 7.33. The van der Waals surface area contributed by atoms with Gasteiger partial charge >= 0.3 is 12.1 Å². The van der Waals surface area contributed by atoms with Crippen molar-refractivity contribution in [3.63, 3.8) is 0 Å². The van der Waals surface area contributed by atoms with Gasteiger partial charge in [-0.05, 0) is 45.4 Å². The van der Waals surface area contributed by atoms with Gasteiger partial charge in [0, 0.05) is 12.0 Å². The summed E-state index contributed by atoms with van der Waals surface area (Å²) in [5.74, 6) is -0.209. The summed E-state index contributed by atoms with van der Waals surface area (Å²) in [6, 6.07) is 5.93. The molecule has 2 aromatic rings. The highest BCUT2D eigenvalue weighted by molar-refractivity contribution is 5.80. The monoisotopic (exact) mass is 347 g/mol. The SMILES string of the molecule is Cc1noc(-c2ccc(C[C@H](NC(=O)OC(C)(C)C)C(=O)O)cc2)n1. The third-order valence-corrected chi connectivity index (χ3v) is 3.16. The zero-order valence-corrected chi connectivity index (χ0v) is 14.6. The summed E-state index contributed by atoms with van der Waals surface area (Å²) in [6.45, 7) is 6.85. The number of hydrogen-bond donors (Lipinski definition) is 2. The number of aryl methyl sites for hydroxylation is 1. The number of carboxylic acids is 1. The first-order chi connectivity index (χ1) is 11.6. The maximum absolute atomic E-state index is 11.8. The highest BCUT2D eigenvalue weighted by atomic mass is 16.6. The van der Waals surface area contributed by atoms with Gasteiger partial charge in [-0.2, -0.15) is 4.98 Å². The standard InChI is InChI=1S/C17H21N3O5/c1-10-18-14(25-20-10)12-7-5-11(6-8-12)9-13(15(21)22)19-16(23)24-17(2,3)4/h5-8,13H,9H2,1-4H3,(H,19,23)(H,21,22)/t13-/m0/s1. The van der Waals surface area contributed by atoms with Crippen molar-refractivity contribution < 1.29 is 24.0 Å². The van der Waals surface area contributed by atoms with Crippen molar-refractivity contribution in [1.82, 2.24) is 15.5 Å². The lowest BCUT2D eigenvalue weighted by atomic mass is 10.0. The Kier molecular flexibility index (Phi) is 5.41. The molecule has 134 valence electrons. The molecule has 25 heavy (non-hydrogen) atoms. The molecule has 0 spiro atoms. The molecule has 1 heterocycles. The number of benzene rings is 1. The van der Waals surface area contributed by atoms with E-state index < -0.39 is 23.7 Å². The average Bonchev–Trinajstić information content (AvgIpc) is 2.92. The molecular formula is C17H21N3O5. The van der Waals surface area contributed by atoms with Crippen LogP contribution in [0.1, 0.15) is 32.2 Å². The van der Waals surface area contributed by atoms with Crippen LogP contribution in [0, 0.1) is 6.92 Å². The number of aliphatic carboxylic acids is 1. The molecule has 0 fully saturated rings. The predicted octanol–water partition coefficient (Wildman–Crippen LogP) is 2.57. The Hall–Kier alpha value is -2.90. The van der Waals surface area contributed by atoms with Gasteiger partial charge in [-0.15, -0.1) is 0 Å². The zero-order valence-electron chi connectivity index (χ0n) is 14.6. The minimum absolute atomic E-state index is 0.123. The Labute approximate surface area is 145 Å². The van der Waals surface area contributed by atoms with Crippen LogP contribution in [0.15, 0.2) is 28.8 Å². The molecule has 1 aromatic carbocycles. The molecule has 0 aliphatic heterocycles. The largest absolute Gasteiger partial charge is 0.480 e. The summed E-state index contributed by atoms with van der Waals surface area (Å²) in [6.07, 6.45) is -0.643. The number of aromatic nitrogens is 2. The fourth-order valence-corrected chi connectivity index (χ4v) is 2.08. The second-order valence-electron chi connectivity index (χ2n) is 6.58. The summed E-state index contributed by atoms with van der Waals surface area (Å²) in [5, 5.41) is 15.4. The van der Waals surface area contributed by atoms with Crippen molar-refractivity contribution in [3.8, 4) is 11.5 Å². The molecule has 0 saturated heterocycles. The van der Waals surface area contributed by atoms with E-state index in [1.165, 1.54) is 0 Å². The van der Waals surface area contributed by atoms with Gasteiger partial charge in [0.25, 0.3) is 5.89 Å². The fraction of sp³-hybridized carbons (Fsp3) is 0.412. The van der Waals surface area contributed by atoms with Gasteiger partial charge < -0.3 is 19.7 Å². The molecule has 8 heteroatoms. The summed E-state index contributed by atoms with van der Waals surface area (Å²) in [4.78, 5) is 27.3. The first-order valence-corrected chi connectivity index (χ1v) is 7.76. The molecule has 0 radical (unpaired) electrons. The Morgan fingerprint density at radius 3 is 2.40 bits per heavy atom. The predicted molar refractivity (Wildman–Crippen MR) is 89.0 cm³/mol. The van der Waals surface area contributed by atoms with Crippen molar-refractivity contribution in [2.45, 2.75) is 45.8 Å². The maximum atomic E-state index is 11.8. The maximum Gasteiger partial charge on any atom is 0.408 e. The minimum atomic E-state index is -1.14. The lowest BCUT2D eigenvalue weighted by Gasteiger charge is -2.22. The molecule has 1 aromatic heterocycles. The minimum Gasteiger partial charge on any atom is -0.480 e.